The van der Waals surface area contributed by atoms with Crippen LogP contribution in [0.4, 0.5) is 0 Å². The molecule has 0 bridgehead atoms. The van der Waals surface area contributed by atoms with E-state index < -0.39 is 0 Å². The van der Waals surface area contributed by atoms with Gasteiger partial charge in [0.15, 0.2) is 0 Å². The van der Waals surface area contributed by atoms with Gasteiger partial charge in [-0.2, -0.15) is 0 Å². The number of carbonyl (C=O) groups is 1. The van der Waals surface area contributed by atoms with Crippen molar-refractivity contribution in [1.29, 1.82) is 0 Å². The number of hydrogen-bond acceptors (Lipinski definition) is 2. The molecule has 2 atom stereocenters. The minimum absolute atomic E-state index is 0.251. The van der Waals surface area contributed by atoms with Gasteiger partial charge in [-0.1, -0.05) is 39.0 Å². The molecular weight excluding hydrogens is 260 g/mol. The van der Waals surface area contributed by atoms with Gasteiger partial charge in [-0.05, 0) is 44.1 Å². The number of nitrogens with one attached hydrogen (secondary N) is 1. The van der Waals surface area contributed by atoms with Crippen LogP contribution in [-0.2, 0) is 4.79 Å². The van der Waals surface area contributed by atoms with Crippen molar-refractivity contribution in [2.75, 3.05) is 19.6 Å². The van der Waals surface area contributed by atoms with Gasteiger partial charge in [0.25, 0.3) is 0 Å². The van der Waals surface area contributed by atoms with E-state index in [0.29, 0.717) is 12.0 Å². The Morgan fingerprint density at radius 1 is 1.14 bits per heavy atom. The molecule has 3 nitrogen and oxygen atoms in total. The highest BCUT2D eigenvalue weighted by molar-refractivity contribution is 5.73. The van der Waals surface area contributed by atoms with Crippen molar-refractivity contribution >= 4 is 5.91 Å². The lowest BCUT2D eigenvalue weighted by atomic mass is 9.87. The second-order valence-corrected chi connectivity index (χ2v) is 7.28. The van der Waals surface area contributed by atoms with Crippen LogP contribution in [0.15, 0.2) is 0 Å². The molecule has 3 heteroatoms. The first-order valence-electron chi connectivity index (χ1n) is 9.18. The first-order chi connectivity index (χ1) is 10.2. The standard InChI is InChI=1S/C18H34N2O/c1-3-4-8-17-11-18(14-20(13-17)15(2)21)19-12-16-9-6-5-7-10-16/h16-19H,3-14H2,1-2H3. The average molecular weight is 294 g/mol. The molecule has 1 saturated heterocycles. The predicted octanol–water partition coefficient (Wildman–Crippen LogP) is 3.58. The Hall–Kier alpha value is -0.570. The molecule has 1 aliphatic carbocycles. The van der Waals surface area contributed by atoms with Crippen molar-refractivity contribution in [2.45, 2.75) is 77.7 Å². The highest BCUT2D eigenvalue weighted by Gasteiger charge is 2.28. The van der Waals surface area contributed by atoms with E-state index in [1.54, 1.807) is 6.92 Å². The predicted molar refractivity (Wildman–Crippen MR) is 88.3 cm³/mol. The molecular formula is C18H34N2O. The van der Waals surface area contributed by atoms with Crippen molar-refractivity contribution in [3.63, 3.8) is 0 Å². The number of carbonyl (C=O) groups excluding carboxylic acids is 1. The summed E-state index contributed by atoms with van der Waals surface area (Å²) in [6.45, 7) is 7.04. The molecule has 2 aliphatic rings. The number of piperidine rings is 1. The molecule has 0 spiro atoms. The van der Waals surface area contributed by atoms with Gasteiger partial charge in [0.2, 0.25) is 5.91 Å². The number of unbranched alkanes of at least 4 members (excludes halogenated alkanes) is 1. The number of hydrogen-bond donors (Lipinski definition) is 1. The minimum Gasteiger partial charge on any atom is -0.341 e. The number of amides is 1. The lowest BCUT2D eigenvalue weighted by molar-refractivity contribution is -0.131. The Balaban J connectivity index is 1.79. The molecule has 1 N–H and O–H groups in total. The molecule has 21 heavy (non-hydrogen) atoms. The van der Waals surface area contributed by atoms with E-state index in [0.717, 1.165) is 25.6 Å². The fraction of sp³-hybridized carbons (Fsp3) is 0.944. The van der Waals surface area contributed by atoms with E-state index in [4.69, 9.17) is 0 Å². The molecule has 2 rings (SSSR count). The monoisotopic (exact) mass is 294 g/mol. The van der Waals surface area contributed by atoms with Gasteiger partial charge >= 0.3 is 0 Å². The first kappa shape index (κ1) is 16.8. The molecule has 2 unspecified atom stereocenters. The van der Waals surface area contributed by atoms with E-state index in [1.165, 1.54) is 57.8 Å². The summed E-state index contributed by atoms with van der Waals surface area (Å²) >= 11 is 0. The Bertz CT molecular complexity index is 312. The van der Waals surface area contributed by atoms with Crippen LogP contribution < -0.4 is 5.32 Å². The van der Waals surface area contributed by atoms with Crippen LogP contribution in [0, 0.1) is 11.8 Å². The number of rotatable bonds is 6. The molecule has 122 valence electrons. The van der Waals surface area contributed by atoms with E-state index in [9.17, 15) is 4.79 Å². The van der Waals surface area contributed by atoms with Gasteiger partial charge in [0.1, 0.15) is 0 Å². The van der Waals surface area contributed by atoms with Crippen LogP contribution in [0.5, 0.6) is 0 Å². The SMILES string of the molecule is CCCCC1CC(NCC2CCCCC2)CN(C(C)=O)C1. The summed E-state index contributed by atoms with van der Waals surface area (Å²) in [4.78, 5) is 13.8. The summed E-state index contributed by atoms with van der Waals surface area (Å²) in [7, 11) is 0. The molecule has 1 aliphatic heterocycles. The molecule has 1 amide bonds. The van der Waals surface area contributed by atoms with Crippen molar-refractivity contribution in [2.24, 2.45) is 11.8 Å². The summed E-state index contributed by atoms with van der Waals surface area (Å²) < 4.78 is 0. The van der Waals surface area contributed by atoms with Crippen LogP contribution in [0.2, 0.25) is 0 Å². The van der Waals surface area contributed by atoms with E-state index in [-0.39, 0.29) is 5.91 Å². The quantitative estimate of drug-likeness (QED) is 0.812. The summed E-state index contributed by atoms with van der Waals surface area (Å²) in [5.74, 6) is 1.83. The van der Waals surface area contributed by atoms with E-state index in [1.807, 2.05) is 0 Å². The average Bonchev–Trinajstić information content (AvgIpc) is 2.51. The Kier molecular flexibility index (Phi) is 7.01. The Morgan fingerprint density at radius 2 is 1.90 bits per heavy atom. The molecule has 0 aromatic carbocycles. The summed E-state index contributed by atoms with van der Waals surface area (Å²) in [6.07, 6.45) is 12.1. The van der Waals surface area contributed by atoms with Crippen molar-refractivity contribution in [3.05, 3.63) is 0 Å². The van der Waals surface area contributed by atoms with Crippen LogP contribution in [0.1, 0.15) is 71.6 Å². The van der Waals surface area contributed by atoms with Crippen LogP contribution in [-0.4, -0.2) is 36.5 Å². The number of likely N-dealkylation sites (tertiary alicyclic amines) is 1. The Morgan fingerprint density at radius 3 is 2.57 bits per heavy atom. The number of nitrogens with zero attached hydrogens (tertiary/aromatic N) is 1. The maximum absolute atomic E-state index is 11.8. The van der Waals surface area contributed by atoms with Gasteiger partial charge in [-0.3, -0.25) is 4.79 Å². The summed E-state index contributed by atoms with van der Waals surface area (Å²) in [5, 5.41) is 3.79. The molecule has 0 aromatic heterocycles. The minimum atomic E-state index is 0.251. The van der Waals surface area contributed by atoms with E-state index in [2.05, 4.69) is 17.1 Å². The maximum atomic E-state index is 11.8. The highest BCUT2D eigenvalue weighted by atomic mass is 16.2. The van der Waals surface area contributed by atoms with Gasteiger partial charge < -0.3 is 10.2 Å². The molecule has 1 saturated carbocycles. The highest BCUT2D eigenvalue weighted by Crippen LogP contribution is 2.25. The lowest BCUT2D eigenvalue weighted by Crippen LogP contribution is -2.51. The smallest absolute Gasteiger partial charge is 0.219 e. The first-order valence-corrected chi connectivity index (χ1v) is 9.18. The van der Waals surface area contributed by atoms with Crippen LogP contribution in [0.3, 0.4) is 0 Å². The zero-order valence-corrected chi connectivity index (χ0v) is 14.1. The van der Waals surface area contributed by atoms with Crippen molar-refractivity contribution < 1.29 is 4.79 Å². The second kappa shape index (κ2) is 8.77. The van der Waals surface area contributed by atoms with Gasteiger partial charge in [0, 0.05) is 26.1 Å². The largest absolute Gasteiger partial charge is 0.341 e. The zero-order chi connectivity index (χ0) is 15.1. The summed E-state index contributed by atoms with van der Waals surface area (Å²) in [6, 6.07) is 0.520. The fourth-order valence-electron chi connectivity index (χ4n) is 4.04. The third kappa shape index (κ3) is 5.61. The molecule has 1 heterocycles. The van der Waals surface area contributed by atoms with Gasteiger partial charge in [-0.25, -0.2) is 0 Å². The van der Waals surface area contributed by atoms with Crippen LogP contribution in [0.25, 0.3) is 0 Å². The lowest BCUT2D eigenvalue weighted by Gasteiger charge is -2.38. The van der Waals surface area contributed by atoms with Gasteiger partial charge in [-0.15, -0.1) is 0 Å². The third-order valence-electron chi connectivity index (χ3n) is 5.37. The van der Waals surface area contributed by atoms with Crippen molar-refractivity contribution in [1.82, 2.24) is 10.2 Å². The third-order valence-corrected chi connectivity index (χ3v) is 5.37. The Labute approximate surface area is 130 Å². The second-order valence-electron chi connectivity index (χ2n) is 7.28. The zero-order valence-electron chi connectivity index (χ0n) is 14.1. The van der Waals surface area contributed by atoms with Gasteiger partial charge in [0.05, 0.1) is 0 Å². The summed E-state index contributed by atoms with van der Waals surface area (Å²) in [5.41, 5.74) is 0. The maximum Gasteiger partial charge on any atom is 0.219 e. The van der Waals surface area contributed by atoms with Crippen molar-refractivity contribution in [3.8, 4) is 0 Å². The fourth-order valence-corrected chi connectivity index (χ4v) is 4.04. The molecule has 2 fully saturated rings. The topological polar surface area (TPSA) is 32.3 Å². The van der Waals surface area contributed by atoms with Crippen LogP contribution >= 0.6 is 0 Å². The normalized spacial score (nSPS) is 27.8. The van der Waals surface area contributed by atoms with E-state index >= 15 is 0 Å². The molecule has 0 aromatic rings. The molecule has 0 radical (unpaired) electrons.